The van der Waals surface area contributed by atoms with E-state index in [1.165, 1.54) is 0 Å². The number of anilines is 1. The Labute approximate surface area is 112 Å². The fourth-order valence-electron chi connectivity index (χ4n) is 1.83. The zero-order valence-corrected chi connectivity index (χ0v) is 11.6. The predicted octanol–water partition coefficient (Wildman–Crippen LogP) is 2.58. The average molecular weight is 268 g/mol. The van der Waals surface area contributed by atoms with Gasteiger partial charge >= 0.3 is 0 Å². The summed E-state index contributed by atoms with van der Waals surface area (Å²) < 4.78 is 1.82. The van der Waals surface area contributed by atoms with Crippen LogP contribution in [0.3, 0.4) is 0 Å². The van der Waals surface area contributed by atoms with E-state index in [1.807, 2.05) is 10.6 Å². The summed E-state index contributed by atoms with van der Waals surface area (Å²) in [5, 5.41) is 11.2. The van der Waals surface area contributed by atoms with Crippen molar-refractivity contribution in [2.45, 2.75) is 32.6 Å². The van der Waals surface area contributed by atoms with Crippen molar-refractivity contribution < 1.29 is 0 Å². The van der Waals surface area contributed by atoms with E-state index in [1.54, 1.807) is 12.5 Å². The highest BCUT2D eigenvalue weighted by atomic mass is 35.5. The molecule has 0 aliphatic heterocycles. The second-order valence-corrected chi connectivity index (χ2v) is 6.20. The van der Waals surface area contributed by atoms with E-state index in [0.717, 1.165) is 17.9 Å². The van der Waals surface area contributed by atoms with Crippen LogP contribution in [0, 0.1) is 5.41 Å². The Balaban J connectivity index is 2.00. The summed E-state index contributed by atoms with van der Waals surface area (Å²) in [4.78, 5) is 4.25. The molecule has 0 fully saturated rings. The lowest BCUT2D eigenvalue weighted by Crippen LogP contribution is -2.21. The third-order valence-corrected chi connectivity index (χ3v) is 2.85. The molecule has 0 amide bonds. The van der Waals surface area contributed by atoms with Crippen LogP contribution >= 0.6 is 11.6 Å². The van der Waals surface area contributed by atoms with Gasteiger partial charge < -0.3 is 5.32 Å². The number of aromatic nitrogens is 4. The molecule has 98 valence electrons. The molecule has 0 saturated heterocycles. The van der Waals surface area contributed by atoms with E-state index in [2.05, 4.69) is 41.3 Å². The van der Waals surface area contributed by atoms with Crippen LogP contribution in [0.2, 0.25) is 0 Å². The molecule has 6 heteroatoms. The van der Waals surface area contributed by atoms with Crippen molar-refractivity contribution in [3.05, 3.63) is 18.7 Å². The topological polar surface area (TPSA) is 55.1 Å². The summed E-state index contributed by atoms with van der Waals surface area (Å²) in [6.45, 7) is 7.21. The van der Waals surface area contributed by atoms with Crippen molar-refractivity contribution in [3.63, 3.8) is 0 Å². The van der Waals surface area contributed by atoms with Gasteiger partial charge in [-0.25, -0.2) is 4.98 Å². The molecule has 2 rings (SSSR count). The Kier molecular flexibility index (Phi) is 3.71. The molecule has 2 heterocycles. The van der Waals surface area contributed by atoms with Gasteiger partial charge in [0.2, 0.25) is 5.65 Å². The zero-order valence-electron chi connectivity index (χ0n) is 10.9. The molecule has 1 atom stereocenters. The molecule has 1 unspecified atom stereocenters. The van der Waals surface area contributed by atoms with E-state index >= 15 is 0 Å². The number of hydrogen-bond donors (Lipinski definition) is 1. The van der Waals surface area contributed by atoms with E-state index < -0.39 is 0 Å². The van der Waals surface area contributed by atoms with Crippen LogP contribution in [-0.2, 0) is 0 Å². The molecule has 0 saturated carbocycles. The summed E-state index contributed by atoms with van der Waals surface area (Å²) in [7, 11) is 0. The maximum absolute atomic E-state index is 6.31. The summed E-state index contributed by atoms with van der Waals surface area (Å²) in [6.07, 6.45) is 6.12. The highest BCUT2D eigenvalue weighted by Gasteiger charge is 2.17. The third kappa shape index (κ3) is 3.32. The quantitative estimate of drug-likeness (QED) is 0.865. The smallest absolute Gasteiger partial charge is 0.203 e. The maximum atomic E-state index is 6.31. The van der Waals surface area contributed by atoms with Crippen molar-refractivity contribution in [2.75, 3.05) is 11.9 Å². The minimum atomic E-state index is 0.0648. The Morgan fingerprint density at radius 1 is 1.44 bits per heavy atom. The standard InChI is InChI=1S/C12H18ClN5/c1-12(2,3)6-9(13)7-15-10-11-17-16-8-18(11)5-4-14-10/h4-5,8-9H,6-7H2,1-3H3,(H,14,15). The van der Waals surface area contributed by atoms with Crippen LogP contribution in [-0.4, -0.2) is 31.5 Å². The molecule has 0 aliphatic rings. The third-order valence-electron chi connectivity index (χ3n) is 2.54. The highest BCUT2D eigenvalue weighted by molar-refractivity contribution is 6.20. The first-order chi connectivity index (χ1) is 8.46. The second-order valence-electron chi connectivity index (χ2n) is 5.58. The minimum absolute atomic E-state index is 0.0648. The fourth-order valence-corrected chi connectivity index (χ4v) is 2.37. The molecule has 2 aromatic rings. The minimum Gasteiger partial charge on any atom is -0.365 e. The number of alkyl halides is 1. The van der Waals surface area contributed by atoms with Crippen molar-refractivity contribution in [1.82, 2.24) is 19.6 Å². The molecule has 0 bridgehead atoms. The Bertz CT molecular complexity index is 516. The molecule has 0 aliphatic carbocycles. The zero-order chi connectivity index (χ0) is 13.2. The van der Waals surface area contributed by atoms with Gasteiger partial charge in [-0.05, 0) is 11.8 Å². The molecular weight excluding hydrogens is 250 g/mol. The number of hydrogen-bond acceptors (Lipinski definition) is 4. The number of fused-ring (bicyclic) bond motifs is 1. The Hall–Kier alpha value is -1.36. The first-order valence-electron chi connectivity index (χ1n) is 5.98. The summed E-state index contributed by atoms with van der Waals surface area (Å²) in [5.41, 5.74) is 0.944. The van der Waals surface area contributed by atoms with Crippen molar-refractivity contribution in [3.8, 4) is 0 Å². The van der Waals surface area contributed by atoms with Gasteiger partial charge in [0.25, 0.3) is 0 Å². The van der Waals surface area contributed by atoms with E-state index in [4.69, 9.17) is 11.6 Å². The number of nitrogens with one attached hydrogen (secondary N) is 1. The molecule has 1 N–H and O–H groups in total. The lowest BCUT2D eigenvalue weighted by Gasteiger charge is -2.22. The summed E-state index contributed by atoms with van der Waals surface area (Å²) in [6, 6.07) is 0. The van der Waals surface area contributed by atoms with Gasteiger partial charge in [-0.3, -0.25) is 4.40 Å². The number of halogens is 1. The van der Waals surface area contributed by atoms with Crippen LogP contribution in [0.25, 0.3) is 5.65 Å². The summed E-state index contributed by atoms with van der Waals surface area (Å²) >= 11 is 6.31. The highest BCUT2D eigenvalue weighted by Crippen LogP contribution is 2.24. The normalized spacial score (nSPS) is 13.8. The molecule has 0 spiro atoms. The predicted molar refractivity (Wildman–Crippen MR) is 73.0 cm³/mol. The monoisotopic (exact) mass is 267 g/mol. The van der Waals surface area contributed by atoms with E-state index in [-0.39, 0.29) is 10.8 Å². The van der Waals surface area contributed by atoms with Crippen molar-refractivity contribution in [1.29, 1.82) is 0 Å². The Morgan fingerprint density at radius 2 is 2.22 bits per heavy atom. The van der Waals surface area contributed by atoms with Crippen LogP contribution in [0.1, 0.15) is 27.2 Å². The fraction of sp³-hybridized carbons (Fsp3) is 0.583. The van der Waals surface area contributed by atoms with Gasteiger partial charge in [-0.1, -0.05) is 20.8 Å². The van der Waals surface area contributed by atoms with Crippen LogP contribution in [0.4, 0.5) is 5.82 Å². The average Bonchev–Trinajstić information content (AvgIpc) is 2.72. The molecule has 0 aromatic carbocycles. The van der Waals surface area contributed by atoms with Gasteiger partial charge in [-0.15, -0.1) is 21.8 Å². The van der Waals surface area contributed by atoms with Crippen molar-refractivity contribution >= 4 is 23.1 Å². The number of rotatable bonds is 4. The largest absolute Gasteiger partial charge is 0.365 e. The molecule has 5 nitrogen and oxygen atoms in total. The van der Waals surface area contributed by atoms with Gasteiger partial charge in [-0.2, -0.15) is 0 Å². The molecule has 0 radical (unpaired) electrons. The van der Waals surface area contributed by atoms with Gasteiger partial charge in [0.05, 0.1) is 5.38 Å². The van der Waals surface area contributed by atoms with Crippen molar-refractivity contribution in [2.24, 2.45) is 5.41 Å². The SMILES string of the molecule is CC(C)(C)CC(Cl)CNc1nccn2cnnc12. The van der Waals surface area contributed by atoms with Crippen LogP contribution in [0.5, 0.6) is 0 Å². The van der Waals surface area contributed by atoms with E-state index in [9.17, 15) is 0 Å². The molecule has 2 aromatic heterocycles. The second kappa shape index (κ2) is 5.10. The Morgan fingerprint density at radius 3 is 2.94 bits per heavy atom. The molecule has 18 heavy (non-hydrogen) atoms. The lowest BCUT2D eigenvalue weighted by atomic mass is 9.90. The first kappa shape index (κ1) is 13.1. The van der Waals surface area contributed by atoms with Crippen LogP contribution < -0.4 is 5.32 Å². The van der Waals surface area contributed by atoms with E-state index in [0.29, 0.717) is 6.54 Å². The van der Waals surface area contributed by atoms with Gasteiger partial charge in [0.15, 0.2) is 5.82 Å². The molecular formula is C12H18ClN5. The maximum Gasteiger partial charge on any atom is 0.203 e. The number of nitrogens with zero attached hydrogens (tertiary/aromatic N) is 4. The van der Waals surface area contributed by atoms with Gasteiger partial charge in [0.1, 0.15) is 6.33 Å². The first-order valence-corrected chi connectivity index (χ1v) is 6.42. The lowest BCUT2D eigenvalue weighted by molar-refractivity contribution is 0.373. The van der Waals surface area contributed by atoms with Crippen LogP contribution in [0.15, 0.2) is 18.7 Å². The van der Waals surface area contributed by atoms with Gasteiger partial charge in [0, 0.05) is 18.9 Å². The summed E-state index contributed by atoms with van der Waals surface area (Å²) in [5.74, 6) is 0.717.